The molecule has 0 aliphatic carbocycles. The Labute approximate surface area is 133 Å². The lowest BCUT2D eigenvalue weighted by molar-refractivity contribution is 0.102. The van der Waals surface area contributed by atoms with Crippen LogP contribution in [0.25, 0.3) is 0 Å². The number of benzene rings is 1. The number of fused-ring (bicyclic) bond motifs is 1. The normalized spacial score (nSPS) is 12.3. The summed E-state index contributed by atoms with van der Waals surface area (Å²) in [6, 6.07) is 6.79. The maximum Gasteiger partial charge on any atom is 0.274 e. The van der Waals surface area contributed by atoms with E-state index >= 15 is 0 Å². The van der Waals surface area contributed by atoms with E-state index in [1.807, 2.05) is 0 Å². The maximum absolute atomic E-state index is 12.3. The zero-order valence-corrected chi connectivity index (χ0v) is 12.4. The molecule has 0 fully saturated rings. The van der Waals surface area contributed by atoms with Gasteiger partial charge in [0.15, 0.2) is 11.5 Å². The molecule has 2 aromatic rings. The number of ether oxygens (including phenoxy) is 2. The summed E-state index contributed by atoms with van der Waals surface area (Å²) in [5.41, 5.74) is 0.875. The molecule has 0 spiro atoms. The number of aromatic nitrogens is 2. The molecule has 0 unspecified atom stereocenters. The molecule has 1 aliphatic rings. The number of nitrogens with zero attached hydrogens (tertiary/aromatic N) is 2. The standard InChI is InChI=1S/C16H16N4O3/c1-2-6-17-16-18-7-5-12(20-16)15(21)19-11-3-4-13-14(10-11)23-9-8-22-13/h2-5,7,10H,1,6,8-9H2,(H,19,21)(H,17,18,20). The summed E-state index contributed by atoms with van der Waals surface area (Å²) in [5, 5.41) is 5.72. The highest BCUT2D eigenvalue weighted by Gasteiger charge is 2.14. The molecule has 1 amide bonds. The highest BCUT2D eigenvalue weighted by atomic mass is 16.6. The van der Waals surface area contributed by atoms with Gasteiger partial charge in [0, 0.05) is 24.5 Å². The first-order chi connectivity index (χ1) is 11.3. The molecule has 118 valence electrons. The van der Waals surface area contributed by atoms with E-state index in [1.54, 1.807) is 30.3 Å². The molecule has 23 heavy (non-hydrogen) atoms. The van der Waals surface area contributed by atoms with Gasteiger partial charge in [-0.1, -0.05) is 6.08 Å². The molecule has 0 saturated heterocycles. The minimum atomic E-state index is -0.328. The third-order valence-corrected chi connectivity index (χ3v) is 3.09. The first-order valence-corrected chi connectivity index (χ1v) is 7.15. The lowest BCUT2D eigenvalue weighted by atomic mass is 10.2. The van der Waals surface area contributed by atoms with Crippen LogP contribution in [0.4, 0.5) is 11.6 Å². The molecule has 7 nitrogen and oxygen atoms in total. The Bertz CT molecular complexity index is 733. The van der Waals surface area contributed by atoms with Gasteiger partial charge in [-0.15, -0.1) is 6.58 Å². The fraction of sp³-hybridized carbons (Fsp3) is 0.188. The van der Waals surface area contributed by atoms with Crippen LogP contribution < -0.4 is 20.1 Å². The first-order valence-electron chi connectivity index (χ1n) is 7.15. The minimum Gasteiger partial charge on any atom is -0.486 e. The number of carbonyl (C=O) groups excluding carboxylic acids is 1. The van der Waals surface area contributed by atoms with Gasteiger partial charge in [-0.3, -0.25) is 4.79 Å². The largest absolute Gasteiger partial charge is 0.486 e. The number of amides is 1. The third kappa shape index (κ3) is 3.57. The molecule has 0 bridgehead atoms. The monoisotopic (exact) mass is 312 g/mol. The fourth-order valence-electron chi connectivity index (χ4n) is 2.05. The van der Waals surface area contributed by atoms with Crippen molar-refractivity contribution in [1.82, 2.24) is 9.97 Å². The van der Waals surface area contributed by atoms with Gasteiger partial charge in [0.25, 0.3) is 5.91 Å². The van der Waals surface area contributed by atoms with E-state index in [1.165, 1.54) is 6.20 Å². The molecule has 0 radical (unpaired) electrons. The van der Waals surface area contributed by atoms with Crippen molar-refractivity contribution in [1.29, 1.82) is 0 Å². The van der Waals surface area contributed by atoms with Crippen molar-refractivity contribution < 1.29 is 14.3 Å². The minimum absolute atomic E-state index is 0.265. The summed E-state index contributed by atoms with van der Waals surface area (Å²) in [4.78, 5) is 20.5. The molecule has 2 N–H and O–H groups in total. The van der Waals surface area contributed by atoms with Crippen molar-refractivity contribution in [3.05, 3.63) is 48.8 Å². The highest BCUT2D eigenvalue weighted by molar-refractivity contribution is 6.03. The zero-order chi connectivity index (χ0) is 16.1. The number of hydrogen-bond acceptors (Lipinski definition) is 6. The number of anilines is 2. The second kappa shape index (κ2) is 6.78. The predicted molar refractivity (Wildman–Crippen MR) is 86.1 cm³/mol. The van der Waals surface area contributed by atoms with Crippen LogP contribution in [-0.4, -0.2) is 35.6 Å². The Hall–Kier alpha value is -3.09. The number of rotatable bonds is 5. The lowest BCUT2D eigenvalue weighted by Gasteiger charge is -2.18. The average Bonchev–Trinajstić information content (AvgIpc) is 2.60. The van der Waals surface area contributed by atoms with Gasteiger partial charge in [0.1, 0.15) is 18.9 Å². The van der Waals surface area contributed by atoms with Crippen molar-refractivity contribution >= 4 is 17.5 Å². The Morgan fingerprint density at radius 3 is 2.91 bits per heavy atom. The molecule has 2 heterocycles. The second-order valence-corrected chi connectivity index (χ2v) is 4.75. The van der Waals surface area contributed by atoms with Crippen LogP contribution in [-0.2, 0) is 0 Å². The van der Waals surface area contributed by atoms with Crippen LogP contribution in [0, 0.1) is 0 Å². The molecular formula is C16H16N4O3. The van der Waals surface area contributed by atoms with E-state index < -0.39 is 0 Å². The van der Waals surface area contributed by atoms with Crippen LogP contribution >= 0.6 is 0 Å². The van der Waals surface area contributed by atoms with E-state index in [2.05, 4.69) is 27.2 Å². The lowest BCUT2D eigenvalue weighted by Crippen LogP contribution is -2.17. The molecule has 0 atom stereocenters. The summed E-state index contributed by atoms with van der Waals surface area (Å²) >= 11 is 0. The van der Waals surface area contributed by atoms with Crippen LogP contribution in [0.2, 0.25) is 0 Å². The number of hydrogen-bond donors (Lipinski definition) is 2. The van der Waals surface area contributed by atoms with E-state index in [0.717, 1.165) is 0 Å². The Kier molecular flexibility index (Phi) is 4.37. The van der Waals surface area contributed by atoms with Crippen molar-refractivity contribution in [2.24, 2.45) is 0 Å². The first kappa shape index (κ1) is 14.8. The van der Waals surface area contributed by atoms with Crippen molar-refractivity contribution in [3.63, 3.8) is 0 Å². The fourth-order valence-corrected chi connectivity index (χ4v) is 2.05. The molecule has 1 aromatic heterocycles. The summed E-state index contributed by atoms with van der Waals surface area (Å²) in [6.45, 7) is 5.15. The summed E-state index contributed by atoms with van der Waals surface area (Å²) < 4.78 is 10.9. The van der Waals surface area contributed by atoms with E-state index in [9.17, 15) is 4.79 Å². The van der Waals surface area contributed by atoms with E-state index in [-0.39, 0.29) is 11.6 Å². The topological polar surface area (TPSA) is 85.4 Å². The van der Waals surface area contributed by atoms with Gasteiger partial charge in [0.05, 0.1) is 0 Å². The Balaban J connectivity index is 1.72. The van der Waals surface area contributed by atoms with Crippen LogP contribution in [0.1, 0.15) is 10.5 Å². The summed E-state index contributed by atoms with van der Waals surface area (Å²) in [6.07, 6.45) is 3.21. The van der Waals surface area contributed by atoms with Gasteiger partial charge < -0.3 is 20.1 Å². The van der Waals surface area contributed by atoms with Gasteiger partial charge in [-0.2, -0.15) is 0 Å². The van der Waals surface area contributed by atoms with Crippen molar-refractivity contribution in [2.45, 2.75) is 0 Å². The zero-order valence-electron chi connectivity index (χ0n) is 12.4. The van der Waals surface area contributed by atoms with E-state index in [0.29, 0.717) is 42.9 Å². The molecule has 3 rings (SSSR count). The van der Waals surface area contributed by atoms with Gasteiger partial charge in [0.2, 0.25) is 5.95 Å². The van der Waals surface area contributed by atoms with Crippen molar-refractivity contribution in [3.8, 4) is 11.5 Å². The number of nitrogens with one attached hydrogen (secondary N) is 2. The second-order valence-electron chi connectivity index (χ2n) is 4.75. The molecular weight excluding hydrogens is 296 g/mol. The third-order valence-electron chi connectivity index (χ3n) is 3.09. The number of carbonyl (C=O) groups is 1. The molecule has 1 aliphatic heterocycles. The predicted octanol–water partition coefficient (Wildman–Crippen LogP) is 2.10. The van der Waals surface area contributed by atoms with Crippen molar-refractivity contribution in [2.75, 3.05) is 30.4 Å². The van der Waals surface area contributed by atoms with Crippen LogP contribution in [0.5, 0.6) is 11.5 Å². The SMILES string of the molecule is C=CCNc1nccc(C(=O)Nc2ccc3c(c2)OCCO3)n1. The summed E-state index contributed by atoms with van der Waals surface area (Å²) in [7, 11) is 0. The average molecular weight is 312 g/mol. The van der Waals surface area contributed by atoms with Gasteiger partial charge >= 0.3 is 0 Å². The quantitative estimate of drug-likeness (QED) is 0.822. The molecule has 0 saturated carbocycles. The van der Waals surface area contributed by atoms with E-state index in [4.69, 9.17) is 9.47 Å². The smallest absolute Gasteiger partial charge is 0.274 e. The van der Waals surface area contributed by atoms with Gasteiger partial charge in [-0.05, 0) is 18.2 Å². The van der Waals surface area contributed by atoms with Crippen LogP contribution in [0.15, 0.2) is 43.1 Å². The highest BCUT2D eigenvalue weighted by Crippen LogP contribution is 2.32. The maximum atomic E-state index is 12.3. The van der Waals surface area contributed by atoms with Gasteiger partial charge in [-0.25, -0.2) is 9.97 Å². The molecule has 1 aromatic carbocycles. The summed E-state index contributed by atoms with van der Waals surface area (Å²) in [5.74, 6) is 1.34. The van der Waals surface area contributed by atoms with Crippen LogP contribution in [0.3, 0.4) is 0 Å². The Morgan fingerprint density at radius 2 is 2.09 bits per heavy atom. The molecule has 7 heteroatoms. The Morgan fingerprint density at radius 1 is 1.26 bits per heavy atom.